The molecule has 0 atom stereocenters. The lowest BCUT2D eigenvalue weighted by atomic mass is 9.97. The smallest absolute Gasteiger partial charge is 0.0970 e. The van der Waals surface area contributed by atoms with Crippen LogP contribution in [0.4, 0.5) is 0 Å². The van der Waals surface area contributed by atoms with E-state index in [9.17, 15) is 0 Å². The van der Waals surface area contributed by atoms with E-state index in [1.807, 2.05) is 36.7 Å². The molecule has 1 radical (unpaired) electrons. The van der Waals surface area contributed by atoms with Crippen LogP contribution in [0.2, 0.25) is 0 Å². The molecule has 0 saturated carbocycles. The predicted molar refractivity (Wildman–Crippen MR) is 107 cm³/mol. The van der Waals surface area contributed by atoms with Crippen molar-refractivity contribution in [3.63, 3.8) is 0 Å². The highest BCUT2D eigenvalue weighted by molar-refractivity contribution is 6.11. The third kappa shape index (κ3) is 2.35. The molecule has 5 rings (SSSR count). The van der Waals surface area contributed by atoms with Crippen molar-refractivity contribution in [3.05, 3.63) is 97.3 Å². The second-order valence-corrected chi connectivity index (χ2v) is 6.23. The SMILES string of the molecule is [c]1cccc(-c2ccnc3c2ccc2c(-c4ccccc4)ccnc23)c1. The highest BCUT2D eigenvalue weighted by Gasteiger charge is 2.11. The molecule has 0 fully saturated rings. The number of fused-ring (bicyclic) bond motifs is 3. The molecule has 0 aliphatic heterocycles. The van der Waals surface area contributed by atoms with Crippen LogP contribution >= 0.6 is 0 Å². The van der Waals surface area contributed by atoms with Crippen molar-refractivity contribution >= 4 is 21.8 Å². The summed E-state index contributed by atoms with van der Waals surface area (Å²) in [6, 6.07) is 30.0. The molecule has 0 spiro atoms. The summed E-state index contributed by atoms with van der Waals surface area (Å²) >= 11 is 0. The Balaban J connectivity index is 1.82. The molecule has 3 aromatic carbocycles. The van der Waals surface area contributed by atoms with Gasteiger partial charge in [-0.3, -0.25) is 9.97 Å². The molecule has 0 N–H and O–H groups in total. The number of rotatable bonds is 2. The van der Waals surface area contributed by atoms with Gasteiger partial charge in [0.15, 0.2) is 0 Å². The maximum atomic E-state index is 4.66. The molecule has 0 aliphatic carbocycles. The molecule has 2 nitrogen and oxygen atoms in total. The summed E-state index contributed by atoms with van der Waals surface area (Å²) in [7, 11) is 0. The first-order valence-corrected chi connectivity index (χ1v) is 8.60. The number of hydrogen-bond donors (Lipinski definition) is 0. The van der Waals surface area contributed by atoms with Crippen LogP contribution in [-0.4, -0.2) is 9.97 Å². The highest BCUT2D eigenvalue weighted by Crippen LogP contribution is 2.34. The van der Waals surface area contributed by atoms with Crippen LogP contribution in [0.3, 0.4) is 0 Å². The van der Waals surface area contributed by atoms with Gasteiger partial charge in [0.1, 0.15) is 0 Å². The Kier molecular flexibility index (Phi) is 3.46. The zero-order valence-electron chi connectivity index (χ0n) is 14.1. The van der Waals surface area contributed by atoms with Crippen LogP contribution in [0.1, 0.15) is 0 Å². The topological polar surface area (TPSA) is 25.8 Å². The first-order chi connectivity index (χ1) is 12.9. The normalized spacial score (nSPS) is 11.1. The molecule has 2 aromatic heterocycles. The van der Waals surface area contributed by atoms with Crippen LogP contribution in [0.25, 0.3) is 44.1 Å². The molecule has 0 aliphatic rings. The summed E-state index contributed by atoms with van der Waals surface area (Å²) in [4.78, 5) is 9.32. The Morgan fingerprint density at radius 3 is 1.81 bits per heavy atom. The van der Waals surface area contributed by atoms with Gasteiger partial charge in [-0.15, -0.1) is 0 Å². The van der Waals surface area contributed by atoms with E-state index >= 15 is 0 Å². The van der Waals surface area contributed by atoms with Crippen LogP contribution in [0.15, 0.2) is 91.3 Å². The summed E-state index contributed by atoms with van der Waals surface area (Å²) in [5.41, 5.74) is 6.53. The van der Waals surface area contributed by atoms with Gasteiger partial charge in [0, 0.05) is 23.2 Å². The van der Waals surface area contributed by atoms with Gasteiger partial charge in [-0.25, -0.2) is 0 Å². The van der Waals surface area contributed by atoms with E-state index < -0.39 is 0 Å². The molecular formula is C24H15N2. The second kappa shape index (κ2) is 6.08. The van der Waals surface area contributed by atoms with E-state index in [2.05, 4.69) is 70.6 Å². The third-order valence-electron chi connectivity index (χ3n) is 4.72. The van der Waals surface area contributed by atoms with E-state index in [-0.39, 0.29) is 0 Å². The molecule has 121 valence electrons. The number of nitrogens with zero attached hydrogens (tertiary/aromatic N) is 2. The molecule has 2 heteroatoms. The van der Waals surface area contributed by atoms with Crippen LogP contribution in [0, 0.1) is 6.07 Å². The monoisotopic (exact) mass is 331 g/mol. The Morgan fingerprint density at radius 2 is 1.19 bits per heavy atom. The summed E-state index contributed by atoms with van der Waals surface area (Å²) in [5, 5.41) is 2.23. The predicted octanol–water partition coefficient (Wildman–Crippen LogP) is 5.92. The molecule has 0 bridgehead atoms. The standard InChI is InChI=1S/C24H15N2/c1-3-7-17(8-4-1)19-13-15-25-23-21(19)11-12-22-20(14-16-26-24(22)23)18-9-5-2-6-10-18/h1-5,7-16H. The number of hydrogen-bond acceptors (Lipinski definition) is 2. The van der Waals surface area contributed by atoms with E-state index in [1.54, 1.807) is 0 Å². The van der Waals surface area contributed by atoms with Crippen molar-refractivity contribution < 1.29 is 0 Å². The van der Waals surface area contributed by atoms with Gasteiger partial charge in [-0.2, -0.15) is 0 Å². The molecule has 0 amide bonds. The molecule has 5 aromatic rings. The van der Waals surface area contributed by atoms with Gasteiger partial charge < -0.3 is 0 Å². The van der Waals surface area contributed by atoms with Crippen molar-refractivity contribution in [1.29, 1.82) is 0 Å². The maximum Gasteiger partial charge on any atom is 0.0970 e. The lowest BCUT2D eigenvalue weighted by molar-refractivity contribution is 1.37. The third-order valence-corrected chi connectivity index (χ3v) is 4.72. The van der Waals surface area contributed by atoms with Crippen molar-refractivity contribution in [1.82, 2.24) is 9.97 Å². The van der Waals surface area contributed by atoms with Gasteiger partial charge in [0.2, 0.25) is 0 Å². The van der Waals surface area contributed by atoms with E-state index in [0.29, 0.717) is 0 Å². The van der Waals surface area contributed by atoms with E-state index in [1.165, 1.54) is 11.1 Å². The quantitative estimate of drug-likeness (QED) is 0.375. The van der Waals surface area contributed by atoms with E-state index in [4.69, 9.17) is 0 Å². The molecular weight excluding hydrogens is 316 g/mol. The minimum atomic E-state index is 0.932. The first-order valence-electron chi connectivity index (χ1n) is 8.60. The van der Waals surface area contributed by atoms with Crippen molar-refractivity contribution in [2.75, 3.05) is 0 Å². The Morgan fingerprint density at radius 1 is 0.577 bits per heavy atom. The summed E-state index contributed by atoms with van der Waals surface area (Å²) in [6.45, 7) is 0. The van der Waals surface area contributed by atoms with Crippen LogP contribution < -0.4 is 0 Å². The van der Waals surface area contributed by atoms with Crippen LogP contribution in [-0.2, 0) is 0 Å². The van der Waals surface area contributed by atoms with Gasteiger partial charge in [0.25, 0.3) is 0 Å². The average molecular weight is 331 g/mol. The molecule has 26 heavy (non-hydrogen) atoms. The summed E-state index contributed by atoms with van der Waals surface area (Å²) in [6.07, 6.45) is 3.73. The second-order valence-electron chi connectivity index (χ2n) is 6.23. The molecule has 0 unspecified atom stereocenters. The van der Waals surface area contributed by atoms with Gasteiger partial charge in [0.05, 0.1) is 11.0 Å². The fourth-order valence-electron chi connectivity index (χ4n) is 3.51. The van der Waals surface area contributed by atoms with Gasteiger partial charge in [-0.1, -0.05) is 60.7 Å². The van der Waals surface area contributed by atoms with E-state index in [0.717, 1.165) is 32.9 Å². The maximum absolute atomic E-state index is 4.66. The minimum absolute atomic E-state index is 0.932. The van der Waals surface area contributed by atoms with Crippen molar-refractivity contribution in [2.45, 2.75) is 0 Å². The Labute approximate surface area is 151 Å². The largest absolute Gasteiger partial charge is 0.254 e. The number of aromatic nitrogens is 2. The average Bonchev–Trinajstić information content (AvgIpc) is 2.74. The van der Waals surface area contributed by atoms with Gasteiger partial charge in [-0.05, 0) is 46.5 Å². The lowest BCUT2D eigenvalue weighted by Gasteiger charge is -2.11. The molecule has 2 heterocycles. The Bertz CT molecular complexity index is 1110. The summed E-state index contributed by atoms with van der Waals surface area (Å²) < 4.78 is 0. The number of pyridine rings is 2. The summed E-state index contributed by atoms with van der Waals surface area (Å²) in [5.74, 6) is 0. The fourth-order valence-corrected chi connectivity index (χ4v) is 3.51. The molecule has 0 saturated heterocycles. The zero-order valence-corrected chi connectivity index (χ0v) is 14.1. The fraction of sp³-hybridized carbons (Fsp3) is 0. The van der Waals surface area contributed by atoms with Crippen molar-refractivity contribution in [2.24, 2.45) is 0 Å². The van der Waals surface area contributed by atoms with Crippen LogP contribution in [0.5, 0.6) is 0 Å². The lowest BCUT2D eigenvalue weighted by Crippen LogP contribution is -1.90. The minimum Gasteiger partial charge on any atom is -0.254 e. The highest BCUT2D eigenvalue weighted by atomic mass is 14.7. The Hall–Kier alpha value is -3.52. The van der Waals surface area contributed by atoms with Crippen molar-refractivity contribution in [3.8, 4) is 22.3 Å². The van der Waals surface area contributed by atoms with Gasteiger partial charge >= 0.3 is 0 Å². The first kappa shape index (κ1) is 14.8. The zero-order chi connectivity index (χ0) is 17.3. The number of benzene rings is 3.